The van der Waals surface area contributed by atoms with Gasteiger partial charge in [-0.15, -0.1) is 0 Å². The Morgan fingerprint density at radius 3 is 2.69 bits per heavy atom. The number of carbonyl (C=O) groups is 2. The van der Waals surface area contributed by atoms with E-state index in [-0.39, 0.29) is 25.2 Å². The van der Waals surface area contributed by atoms with Gasteiger partial charge in [0.25, 0.3) is 11.8 Å². The molecule has 154 valence electrons. The Hall–Kier alpha value is -3.36. The van der Waals surface area contributed by atoms with E-state index in [4.69, 9.17) is 14.2 Å². The van der Waals surface area contributed by atoms with Gasteiger partial charge in [-0.1, -0.05) is 30.3 Å². The Labute approximate surface area is 169 Å². The monoisotopic (exact) mass is 400 g/mol. The number of alkyl carbamates (subject to hydrolysis) is 1. The number of benzene rings is 1. The molecule has 2 aromatic rings. The summed E-state index contributed by atoms with van der Waals surface area (Å²) in [5.41, 5.74) is 0.879. The molecule has 29 heavy (non-hydrogen) atoms. The highest BCUT2D eigenvalue weighted by atomic mass is 16.5. The lowest BCUT2D eigenvalue weighted by atomic mass is 10.1. The SMILES string of the molecule is COc1nccnc1OC1CCCN(C(=O)CNC(=O)OCc2ccccc2)C1. The van der Waals surface area contributed by atoms with E-state index in [0.717, 1.165) is 18.4 Å². The van der Waals surface area contributed by atoms with Crippen LogP contribution >= 0.6 is 0 Å². The first kappa shape index (κ1) is 20.4. The summed E-state index contributed by atoms with van der Waals surface area (Å²) in [6, 6.07) is 9.34. The van der Waals surface area contributed by atoms with Gasteiger partial charge in [0.2, 0.25) is 5.91 Å². The molecule has 1 unspecified atom stereocenters. The molecule has 9 nitrogen and oxygen atoms in total. The van der Waals surface area contributed by atoms with Crippen LogP contribution in [0.15, 0.2) is 42.7 Å². The highest BCUT2D eigenvalue weighted by Gasteiger charge is 2.26. The molecule has 1 aliphatic rings. The molecular formula is C20H24N4O5. The number of aromatic nitrogens is 2. The maximum Gasteiger partial charge on any atom is 0.407 e. The topological polar surface area (TPSA) is 103 Å². The van der Waals surface area contributed by atoms with Crippen LogP contribution in [-0.2, 0) is 16.1 Å². The van der Waals surface area contributed by atoms with Gasteiger partial charge < -0.3 is 24.4 Å². The number of piperidine rings is 1. The molecule has 2 amide bonds. The molecule has 1 saturated heterocycles. The molecular weight excluding hydrogens is 376 g/mol. The van der Waals surface area contributed by atoms with Gasteiger partial charge in [0, 0.05) is 18.9 Å². The number of amides is 2. The number of rotatable bonds is 7. The number of nitrogens with zero attached hydrogens (tertiary/aromatic N) is 3. The quantitative estimate of drug-likeness (QED) is 0.756. The summed E-state index contributed by atoms with van der Waals surface area (Å²) in [7, 11) is 1.50. The van der Waals surface area contributed by atoms with Crippen molar-refractivity contribution < 1.29 is 23.8 Å². The van der Waals surface area contributed by atoms with Crippen molar-refractivity contribution in [2.45, 2.75) is 25.6 Å². The third-order valence-electron chi connectivity index (χ3n) is 4.43. The molecule has 1 N–H and O–H groups in total. The number of hydrogen-bond acceptors (Lipinski definition) is 7. The molecule has 1 fully saturated rings. The predicted octanol–water partition coefficient (Wildman–Crippen LogP) is 1.78. The number of nitrogens with one attached hydrogen (secondary N) is 1. The Balaban J connectivity index is 1.43. The molecule has 1 aromatic carbocycles. The van der Waals surface area contributed by atoms with Gasteiger partial charge in [-0.25, -0.2) is 14.8 Å². The van der Waals surface area contributed by atoms with Gasteiger partial charge in [0.1, 0.15) is 19.3 Å². The normalized spacial score (nSPS) is 16.0. The van der Waals surface area contributed by atoms with Crippen molar-refractivity contribution in [2.75, 3.05) is 26.7 Å². The fourth-order valence-electron chi connectivity index (χ4n) is 2.99. The van der Waals surface area contributed by atoms with E-state index in [1.54, 1.807) is 4.90 Å². The minimum Gasteiger partial charge on any atom is -0.477 e. The van der Waals surface area contributed by atoms with E-state index in [1.807, 2.05) is 30.3 Å². The van der Waals surface area contributed by atoms with Gasteiger partial charge >= 0.3 is 6.09 Å². The zero-order chi connectivity index (χ0) is 20.5. The molecule has 0 saturated carbocycles. The minimum absolute atomic E-state index is 0.130. The third kappa shape index (κ3) is 6.06. The average molecular weight is 400 g/mol. The Morgan fingerprint density at radius 2 is 1.93 bits per heavy atom. The third-order valence-corrected chi connectivity index (χ3v) is 4.43. The zero-order valence-corrected chi connectivity index (χ0v) is 16.2. The fraction of sp³-hybridized carbons (Fsp3) is 0.400. The number of carbonyl (C=O) groups excluding carboxylic acids is 2. The van der Waals surface area contributed by atoms with Crippen molar-refractivity contribution in [2.24, 2.45) is 0 Å². The summed E-state index contributed by atoms with van der Waals surface area (Å²) in [6.45, 7) is 1.03. The largest absolute Gasteiger partial charge is 0.477 e. The molecule has 3 rings (SSSR count). The van der Waals surface area contributed by atoms with E-state index in [1.165, 1.54) is 19.5 Å². The van der Waals surface area contributed by atoms with E-state index >= 15 is 0 Å². The predicted molar refractivity (Wildman–Crippen MR) is 103 cm³/mol. The maximum absolute atomic E-state index is 12.4. The molecule has 0 radical (unpaired) electrons. The molecule has 0 aliphatic carbocycles. The number of methoxy groups -OCH3 is 1. The molecule has 9 heteroatoms. The van der Waals surface area contributed by atoms with E-state index in [9.17, 15) is 9.59 Å². The molecule has 2 heterocycles. The molecule has 0 bridgehead atoms. The summed E-state index contributed by atoms with van der Waals surface area (Å²) >= 11 is 0. The first-order valence-electron chi connectivity index (χ1n) is 9.39. The van der Waals surface area contributed by atoms with Crippen molar-refractivity contribution in [3.05, 3.63) is 48.3 Å². The van der Waals surface area contributed by atoms with Gasteiger partial charge in [0.05, 0.1) is 13.7 Å². The van der Waals surface area contributed by atoms with Crippen molar-refractivity contribution in [1.29, 1.82) is 0 Å². The molecule has 0 spiro atoms. The number of likely N-dealkylation sites (tertiary alicyclic amines) is 1. The van der Waals surface area contributed by atoms with Crippen molar-refractivity contribution in [1.82, 2.24) is 20.2 Å². The summed E-state index contributed by atoms with van der Waals surface area (Å²) in [5.74, 6) is 0.414. The smallest absolute Gasteiger partial charge is 0.407 e. The van der Waals surface area contributed by atoms with Crippen LogP contribution in [0, 0.1) is 0 Å². The Bertz CT molecular complexity index is 818. The molecule has 1 aromatic heterocycles. The second kappa shape index (κ2) is 10.3. The van der Waals surface area contributed by atoms with Crippen molar-refractivity contribution >= 4 is 12.0 Å². The standard InChI is InChI=1S/C20H24N4O5/c1-27-18-19(22-10-9-21-18)29-16-8-5-11-24(13-16)17(25)12-23-20(26)28-14-15-6-3-2-4-7-15/h2-4,6-7,9-10,16H,5,8,11-14H2,1H3,(H,23,26). The van der Waals surface area contributed by atoms with Gasteiger partial charge in [-0.2, -0.15) is 0 Å². The fourth-order valence-corrected chi connectivity index (χ4v) is 2.99. The van der Waals surface area contributed by atoms with Crippen LogP contribution in [0.2, 0.25) is 0 Å². The van der Waals surface area contributed by atoms with Crippen LogP contribution in [0.5, 0.6) is 11.8 Å². The van der Waals surface area contributed by atoms with E-state index in [0.29, 0.717) is 24.8 Å². The van der Waals surface area contributed by atoms with E-state index < -0.39 is 6.09 Å². The summed E-state index contributed by atoms with van der Waals surface area (Å²) in [6.07, 6.45) is 3.77. The van der Waals surface area contributed by atoms with Crippen LogP contribution < -0.4 is 14.8 Å². The molecule has 1 aliphatic heterocycles. The average Bonchev–Trinajstić information content (AvgIpc) is 2.77. The lowest BCUT2D eigenvalue weighted by molar-refractivity contribution is -0.132. The van der Waals surface area contributed by atoms with Gasteiger partial charge in [-0.3, -0.25) is 4.79 Å². The van der Waals surface area contributed by atoms with Gasteiger partial charge in [0.15, 0.2) is 0 Å². The Kier molecular flexibility index (Phi) is 7.21. The number of hydrogen-bond donors (Lipinski definition) is 1. The van der Waals surface area contributed by atoms with E-state index in [2.05, 4.69) is 15.3 Å². The van der Waals surface area contributed by atoms with Gasteiger partial charge in [-0.05, 0) is 18.4 Å². The summed E-state index contributed by atoms with van der Waals surface area (Å²) in [4.78, 5) is 34.1. The van der Waals surface area contributed by atoms with Crippen molar-refractivity contribution in [3.8, 4) is 11.8 Å². The van der Waals surface area contributed by atoms with Crippen LogP contribution in [0.4, 0.5) is 4.79 Å². The highest BCUT2D eigenvalue weighted by Crippen LogP contribution is 2.23. The first-order valence-corrected chi connectivity index (χ1v) is 9.39. The Morgan fingerprint density at radius 1 is 1.17 bits per heavy atom. The molecule has 1 atom stereocenters. The number of ether oxygens (including phenoxy) is 3. The van der Waals surface area contributed by atoms with Crippen LogP contribution in [-0.4, -0.2) is 59.7 Å². The first-order chi connectivity index (χ1) is 14.2. The van der Waals surface area contributed by atoms with Crippen LogP contribution in [0.3, 0.4) is 0 Å². The lowest BCUT2D eigenvalue weighted by Crippen LogP contribution is -2.48. The highest BCUT2D eigenvalue weighted by molar-refractivity contribution is 5.82. The second-order valence-corrected chi connectivity index (χ2v) is 6.51. The zero-order valence-electron chi connectivity index (χ0n) is 16.2. The van der Waals surface area contributed by atoms with Crippen molar-refractivity contribution in [3.63, 3.8) is 0 Å². The lowest BCUT2D eigenvalue weighted by Gasteiger charge is -2.32. The van der Waals surface area contributed by atoms with Crippen LogP contribution in [0.1, 0.15) is 18.4 Å². The summed E-state index contributed by atoms with van der Waals surface area (Å²) in [5, 5.41) is 2.50. The second-order valence-electron chi connectivity index (χ2n) is 6.51. The minimum atomic E-state index is -0.628. The summed E-state index contributed by atoms with van der Waals surface area (Å²) < 4.78 is 16.1. The maximum atomic E-state index is 12.4. The van der Waals surface area contributed by atoms with Crippen LogP contribution in [0.25, 0.3) is 0 Å².